The third-order valence-corrected chi connectivity index (χ3v) is 3.86. The molecule has 4 heteroatoms. The van der Waals surface area contributed by atoms with Gasteiger partial charge in [-0.3, -0.25) is 0 Å². The van der Waals surface area contributed by atoms with Crippen LogP contribution in [0.15, 0.2) is 35.0 Å². The number of ether oxygens (including phenoxy) is 1. The lowest BCUT2D eigenvalue weighted by molar-refractivity contribution is 0.290. The van der Waals surface area contributed by atoms with Gasteiger partial charge in [-0.15, -0.1) is 0 Å². The van der Waals surface area contributed by atoms with Crippen molar-refractivity contribution in [1.29, 1.82) is 0 Å². The number of benzene rings is 1. The monoisotopic (exact) mass is 293 g/mol. The molecule has 1 N–H and O–H groups in total. The maximum absolute atomic E-state index is 14.0. The lowest BCUT2D eigenvalue weighted by Gasteiger charge is -2.15. The van der Waals surface area contributed by atoms with Crippen LogP contribution in [0.25, 0.3) is 0 Å². The van der Waals surface area contributed by atoms with Crippen molar-refractivity contribution >= 4 is 11.3 Å². The highest BCUT2D eigenvalue weighted by Gasteiger charge is 2.09. The van der Waals surface area contributed by atoms with Gasteiger partial charge in [0.2, 0.25) is 0 Å². The number of halogens is 1. The topological polar surface area (TPSA) is 21.3 Å². The summed E-state index contributed by atoms with van der Waals surface area (Å²) in [7, 11) is 0. The van der Waals surface area contributed by atoms with Gasteiger partial charge in [-0.1, -0.05) is 13.0 Å². The van der Waals surface area contributed by atoms with E-state index in [4.69, 9.17) is 4.74 Å². The number of hydrogen-bond acceptors (Lipinski definition) is 3. The third kappa shape index (κ3) is 4.05. The van der Waals surface area contributed by atoms with Gasteiger partial charge in [0.05, 0.1) is 0 Å². The Morgan fingerprint density at radius 3 is 2.85 bits per heavy atom. The van der Waals surface area contributed by atoms with E-state index in [1.54, 1.807) is 23.5 Å². The van der Waals surface area contributed by atoms with E-state index in [0.717, 1.165) is 24.1 Å². The smallest absolute Gasteiger partial charge is 0.165 e. The van der Waals surface area contributed by atoms with E-state index in [1.165, 1.54) is 0 Å². The highest BCUT2D eigenvalue weighted by Crippen LogP contribution is 2.23. The lowest BCUT2D eigenvalue weighted by Crippen LogP contribution is -2.19. The summed E-state index contributed by atoms with van der Waals surface area (Å²) in [6.07, 6.45) is 1.06. The van der Waals surface area contributed by atoms with E-state index in [-0.39, 0.29) is 11.9 Å². The summed E-state index contributed by atoms with van der Waals surface area (Å²) in [6, 6.07) is 7.31. The molecule has 2 rings (SSSR count). The van der Waals surface area contributed by atoms with Gasteiger partial charge in [0.15, 0.2) is 11.6 Å². The quantitative estimate of drug-likeness (QED) is 0.810. The first-order chi connectivity index (χ1) is 9.70. The van der Waals surface area contributed by atoms with Crippen LogP contribution in [0, 0.1) is 5.82 Å². The van der Waals surface area contributed by atoms with Crippen LogP contribution in [0.2, 0.25) is 0 Å². The van der Waals surface area contributed by atoms with Crippen LogP contribution in [0.1, 0.15) is 37.4 Å². The molecular weight excluding hydrogens is 273 g/mol. The number of rotatable bonds is 7. The predicted molar refractivity (Wildman–Crippen MR) is 81.8 cm³/mol. The molecule has 0 amide bonds. The fraction of sp³-hybridized carbons (Fsp3) is 0.375. The summed E-state index contributed by atoms with van der Waals surface area (Å²) in [5.74, 6) is 0.00511. The first-order valence-corrected chi connectivity index (χ1v) is 7.81. The molecule has 0 aliphatic carbocycles. The maximum atomic E-state index is 14.0. The minimum atomic E-state index is -0.303. The van der Waals surface area contributed by atoms with Crippen molar-refractivity contribution < 1.29 is 9.13 Å². The summed E-state index contributed by atoms with van der Waals surface area (Å²) >= 11 is 1.61. The van der Waals surface area contributed by atoms with Crippen molar-refractivity contribution in [3.63, 3.8) is 0 Å². The normalized spacial score (nSPS) is 12.3. The highest BCUT2D eigenvalue weighted by molar-refractivity contribution is 7.07. The van der Waals surface area contributed by atoms with Crippen molar-refractivity contribution in [3.8, 4) is 5.75 Å². The first kappa shape index (κ1) is 15.0. The molecule has 0 radical (unpaired) electrons. The Kier molecular flexibility index (Phi) is 5.56. The molecule has 0 aliphatic heterocycles. The van der Waals surface area contributed by atoms with E-state index in [0.29, 0.717) is 12.4 Å². The van der Waals surface area contributed by atoms with Crippen LogP contribution in [-0.2, 0) is 6.61 Å². The maximum Gasteiger partial charge on any atom is 0.165 e. The van der Waals surface area contributed by atoms with Crippen LogP contribution in [-0.4, -0.2) is 6.54 Å². The SMILES string of the molecule is CCCNC(C)c1ccc(OCc2ccsc2)c(F)c1. The molecule has 2 nitrogen and oxygen atoms in total. The Morgan fingerprint density at radius 2 is 2.20 bits per heavy atom. The highest BCUT2D eigenvalue weighted by atomic mass is 32.1. The minimum Gasteiger partial charge on any atom is -0.486 e. The van der Waals surface area contributed by atoms with Crippen molar-refractivity contribution in [2.45, 2.75) is 32.9 Å². The Balaban J connectivity index is 1.98. The van der Waals surface area contributed by atoms with E-state index >= 15 is 0 Å². The summed E-state index contributed by atoms with van der Waals surface area (Å²) in [4.78, 5) is 0. The molecule has 0 aliphatic rings. The Hall–Kier alpha value is -1.39. The molecule has 108 valence electrons. The summed E-state index contributed by atoms with van der Waals surface area (Å²) in [6.45, 7) is 5.49. The second kappa shape index (κ2) is 7.41. The van der Waals surface area contributed by atoms with E-state index in [2.05, 4.69) is 12.2 Å². The molecule has 2 aromatic rings. The molecule has 0 fully saturated rings. The third-order valence-electron chi connectivity index (χ3n) is 3.13. The summed E-state index contributed by atoms with van der Waals surface area (Å²) in [5, 5.41) is 7.33. The van der Waals surface area contributed by atoms with Crippen molar-refractivity contribution in [2.75, 3.05) is 6.54 Å². The first-order valence-electron chi connectivity index (χ1n) is 6.87. The van der Waals surface area contributed by atoms with Gasteiger partial charge < -0.3 is 10.1 Å². The molecule has 1 aromatic carbocycles. The molecule has 0 bridgehead atoms. The Morgan fingerprint density at radius 1 is 1.35 bits per heavy atom. The average Bonchev–Trinajstić information content (AvgIpc) is 2.96. The van der Waals surface area contributed by atoms with Crippen molar-refractivity contribution in [1.82, 2.24) is 5.32 Å². The van der Waals surface area contributed by atoms with Crippen LogP contribution >= 0.6 is 11.3 Å². The molecule has 0 saturated heterocycles. The molecule has 1 aromatic heterocycles. The number of nitrogens with one attached hydrogen (secondary N) is 1. The average molecular weight is 293 g/mol. The van der Waals surface area contributed by atoms with Gasteiger partial charge in [0, 0.05) is 6.04 Å². The zero-order chi connectivity index (χ0) is 14.4. The zero-order valence-electron chi connectivity index (χ0n) is 11.9. The van der Waals surface area contributed by atoms with Gasteiger partial charge in [-0.25, -0.2) is 4.39 Å². The molecule has 1 heterocycles. The summed E-state index contributed by atoms with van der Waals surface area (Å²) < 4.78 is 19.5. The Bertz CT molecular complexity index is 527. The van der Waals surface area contributed by atoms with Gasteiger partial charge in [0.1, 0.15) is 6.61 Å². The molecule has 1 unspecified atom stereocenters. The minimum absolute atomic E-state index is 0.148. The zero-order valence-corrected chi connectivity index (χ0v) is 12.7. The second-order valence-electron chi connectivity index (χ2n) is 4.79. The van der Waals surface area contributed by atoms with Crippen molar-refractivity contribution in [3.05, 3.63) is 52.0 Å². The van der Waals surface area contributed by atoms with E-state index < -0.39 is 0 Å². The van der Waals surface area contributed by atoms with Gasteiger partial charge in [0.25, 0.3) is 0 Å². The van der Waals surface area contributed by atoms with Gasteiger partial charge >= 0.3 is 0 Å². The molecule has 20 heavy (non-hydrogen) atoms. The molecule has 0 spiro atoms. The largest absolute Gasteiger partial charge is 0.486 e. The summed E-state index contributed by atoms with van der Waals surface area (Å²) in [5.41, 5.74) is 2.01. The fourth-order valence-corrected chi connectivity index (χ4v) is 2.57. The standard InChI is InChI=1S/C16H20FNOS/c1-3-7-18-12(2)14-4-5-16(15(17)9-14)19-10-13-6-8-20-11-13/h4-6,8-9,11-12,18H,3,7,10H2,1-2H3. The van der Waals surface area contributed by atoms with Crippen LogP contribution < -0.4 is 10.1 Å². The van der Waals surface area contributed by atoms with Gasteiger partial charge in [-0.2, -0.15) is 11.3 Å². The van der Waals surface area contributed by atoms with Crippen molar-refractivity contribution in [2.24, 2.45) is 0 Å². The van der Waals surface area contributed by atoms with Crippen LogP contribution in [0.5, 0.6) is 5.75 Å². The van der Waals surface area contributed by atoms with E-state index in [1.807, 2.05) is 29.8 Å². The number of hydrogen-bond donors (Lipinski definition) is 1. The van der Waals surface area contributed by atoms with E-state index in [9.17, 15) is 4.39 Å². The van der Waals surface area contributed by atoms with Gasteiger partial charge in [-0.05, 0) is 60.0 Å². The Labute approximate surface area is 123 Å². The molecule has 1 atom stereocenters. The fourth-order valence-electron chi connectivity index (χ4n) is 1.92. The predicted octanol–water partition coefficient (Wildman–Crippen LogP) is 4.53. The molecule has 0 saturated carbocycles. The van der Waals surface area contributed by atoms with Crippen LogP contribution in [0.3, 0.4) is 0 Å². The lowest BCUT2D eigenvalue weighted by atomic mass is 10.1. The second-order valence-corrected chi connectivity index (χ2v) is 5.57. The number of thiophene rings is 1. The molecular formula is C16H20FNOS. The van der Waals surface area contributed by atoms with Crippen LogP contribution in [0.4, 0.5) is 4.39 Å².